The fourth-order valence-electron chi connectivity index (χ4n) is 4.51. The number of nitrogens with one attached hydrogen (secondary N) is 3. The zero-order valence-corrected chi connectivity index (χ0v) is 19.5. The molecule has 2 aliphatic carbocycles. The Kier molecular flexibility index (Phi) is 7.12. The molecule has 7 heteroatoms. The summed E-state index contributed by atoms with van der Waals surface area (Å²) in [7, 11) is 0. The van der Waals surface area contributed by atoms with Crippen LogP contribution in [0.2, 0.25) is 0 Å². The molecule has 2 saturated carbocycles. The van der Waals surface area contributed by atoms with Crippen molar-refractivity contribution in [3.8, 4) is 5.69 Å². The lowest BCUT2D eigenvalue weighted by Crippen LogP contribution is -2.47. The Balaban J connectivity index is 1.43. The standard InChI is InChI=1S/C25H36N6O/c1-4-26-25(29-22-10-7-9-19(15-22)24(32)28-21-12-13-21)27-16-20-8-5-6-11-23(20)31-18(3)14-17(2)30-31/h5-6,8,11,14,19,21-22H,4,7,9-10,12-13,15-16H2,1-3H3,(H,28,32)(H2,26,27,29). The van der Waals surface area contributed by atoms with Crippen LogP contribution < -0.4 is 16.0 Å². The highest BCUT2D eigenvalue weighted by molar-refractivity contribution is 5.81. The molecule has 0 radical (unpaired) electrons. The summed E-state index contributed by atoms with van der Waals surface area (Å²) < 4.78 is 1.99. The van der Waals surface area contributed by atoms with E-state index in [1.165, 1.54) is 0 Å². The van der Waals surface area contributed by atoms with E-state index in [2.05, 4.69) is 53.1 Å². The van der Waals surface area contributed by atoms with Gasteiger partial charge in [-0.15, -0.1) is 0 Å². The van der Waals surface area contributed by atoms with Crippen LogP contribution >= 0.6 is 0 Å². The highest BCUT2D eigenvalue weighted by atomic mass is 16.2. The Bertz CT molecular complexity index is 961. The van der Waals surface area contributed by atoms with Crippen LogP contribution in [0.5, 0.6) is 0 Å². The number of aryl methyl sites for hydroxylation is 2. The van der Waals surface area contributed by atoms with Crippen LogP contribution in [0.1, 0.15) is 62.4 Å². The molecule has 32 heavy (non-hydrogen) atoms. The zero-order valence-electron chi connectivity index (χ0n) is 19.5. The van der Waals surface area contributed by atoms with Crippen LogP contribution in [0.3, 0.4) is 0 Å². The molecule has 3 N–H and O–H groups in total. The first-order valence-electron chi connectivity index (χ1n) is 12.0. The number of hydrogen-bond acceptors (Lipinski definition) is 3. The fraction of sp³-hybridized carbons (Fsp3) is 0.560. The minimum absolute atomic E-state index is 0.108. The van der Waals surface area contributed by atoms with Gasteiger partial charge in [0.25, 0.3) is 0 Å². The Morgan fingerprint density at radius 1 is 1.12 bits per heavy atom. The molecule has 1 amide bonds. The van der Waals surface area contributed by atoms with E-state index in [1.54, 1.807) is 0 Å². The van der Waals surface area contributed by atoms with Gasteiger partial charge >= 0.3 is 0 Å². The van der Waals surface area contributed by atoms with Gasteiger partial charge < -0.3 is 16.0 Å². The van der Waals surface area contributed by atoms with Crippen LogP contribution in [-0.2, 0) is 11.3 Å². The maximum Gasteiger partial charge on any atom is 0.223 e. The van der Waals surface area contributed by atoms with E-state index < -0.39 is 0 Å². The third-order valence-corrected chi connectivity index (χ3v) is 6.29. The smallest absolute Gasteiger partial charge is 0.223 e. The van der Waals surface area contributed by atoms with E-state index in [4.69, 9.17) is 4.99 Å². The number of benzene rings is 1. The van der Waals surface area contributed by atoms with Gasteiger partial charge in [0.1, 0.15) is 0 Å². The number of rotatable bonds is 7. The van der Waals surface area contributed by atoms with Gasteiger partial charge in [-0.05, 0) is 70.6 Å². The number of aliphatic imine (C=N–C) groups is 1. The second-order valence-electron chi connectivity index (χ2n) is 9.15. The van der Waals surface area contributed by atoms with E-state index in [-0.39, 0.29) is 17.9 Å². The zero-order chi connectivity index (χ0) is 22.5. The first kappa shape index (κ1) is 22.4. The largest absolute Gasteiger partial charge is 0.357 e. The van der Waals surface area contributed by atoms with Gasteiger partial charge in [0.2, 0.25) is 5.91 Å². The van der Waals surface area contributed by atoms with Gasteiger partial charge in [0.15, 0.2) is 5.96 Å². The monoisotopic (exact) mass is 436 g/mol. The Labute approximate surface area is 191 Å². The molecule has 0 spiro atoms. The third-order valence-electron chi connectivity index (χ3n) is 6.29. The van der Waals surface area contributed by atoms with Crippen molar-refractivity contribution in [2.75, 3.05) is 6.54 Å². The summed E-state index contributed by atoms with van der Waals surface area (Å²) in [6, 6.07) is 11.1. The molecule has 172 valence electrons. The molecule has 2 aromatic rings. The van der Waals surface area contributed by atoms with Gasteiger partial charge in [0.05, 0.1) is 17.9 Å². The van der Waals surface area contributed by atoms with Gasteiger partial charge in [-0.3, -0.25) is 4.79 Å². The SMILES string of the molecule is CCNC(=NCc1ccccc1-n1nc(C)cc1C)NC1CCCC(C(=O)NC2CC2)C1. The summed E-state index contributed by atoms with van der Waals surface area (Å²) >= 11 is 0. The number of guanidine groups is 1. The second kappa shape index (κ2) is 10.2. The second-order valence-corrected chi connectivity index (χ2v) is 9.15. The summed E-state index contributed by atoms with van der Waals surface area (Å²) in [6.45, 7) is 7.52. The number of para-hydroxylation sites is 1. The predicted octanol–water partition coefficient (Wildman–Crippen LogP) is 3.38. The van der Waals surface area contributed by atoms with Crippen LogP contribution in [-0.4, -0.2) is 40.3 Å². The highest BCUT2D eigenvalue weighted by Gasteiger charge is 2.31. The van der Waals surface area contributed by atoms with Crippen molar-refractivity contribution in [3.05, 3.63) is 47.3 Å². The molecule has 1 aromatic heterocycles. The van der Waals surface area contributed by atoms with E-state index in [0.717, 1.165) is 73.7 Å². The number of carbonyl (C=O) groups excluding carboxylic acids is 1. The van der Waals surface area contributed by atoms with Crippen molar-refractivity contribution in [2.45, 2.75) is 77.9 Å². The molecular weight excluding hydrogens is 400 g/mol. The average molecular weight is 437 g/mol. The molecule has 1 aromatic carbocycles. The lowest BCUT2D eigenvalue weighted by Gasteiger charge is -2.30. The lowest BCUT2D eigenvalue weighted by atomic mass is 9.85. The van der Waals surface area contributed by atoms with Gasteiger partial charge in [0, 0.05) is 30.2 Å². The number of hydrogen-bond donors (Lipinski definition) is 3. The topological polar surface area (TPSA) is 83.3 Å². The van der Waals surface area contributed by atoms with Crippen molar-refractivity contribution < 1.29 is 4.79 Å². The highest BCUT2D eigenvalue weighted by Crippen LogP contribution is 2.27. The molecule has 0 saturated heterocycles. The molecule has 7 nitrogen and oxygen atoms in total. The van der Waals surface area contributed by atoms with Crippen LogP contribution in [0.15, 0.2) is 35.3 Å². The van der Waals surface area contributed by atoms with Gasteiger partial charge in [-0.2, -0.15) is 5.10 Å². The minimum atomic E-state index is 0.108. The molecule has 2 aliphatic rings. The lowest BCUT2D eigenvalue weighted by molar-refractivity contribution is -0.126. The predicted molar refractivity (Wildman–Crippen MR) is 128 cm³/mol. The van der Waals surface area contributed by atoms with Crippen LogP contribution in [0, 0.1) is 19.8 Å². The quantitative estimate of drug-likeness (QED) is 0.459. The third kappa shape index (κ3) is 5.69. The van der Waals surface area contributed by atoms with E-state index in [1.807, 2.05) is 23.7 Å². The van der Waals surface area contributed by atoms with Gasteiger partial charge in [-0.25, -0.2) is 9.67 Å². The fourth-order valence-corrected chi connectivity index (χ4v) is 4.51. The van der Waals surface area contributed by atoms with Crippen LogP contribution in [0.25, 0.3) is 5.69 Å². The molecule has 2 fully saturated rings. The Hall–Kier alpha value is -2.83. The summed E-state index contributed by atoms with van der Waals surface area (Å²) in [5, 5.41) is 14.8. The van der Waals surface area contributed by atoms with Crippen molar-refractivity contribution in [2.24, 2.45) is 10.9 Å². The molecule has 1 heterocycles. The van der Waals surface area contributed by atoms with Crippen molar-refractivity contribution in [1.82, 2.24) is 25.7 Å². The van der Waals surface area contributed by atoms with Crippen molar-refractivity contribution in [1.29, 1.82) is 0 Å². The number of nitrogens with zero attached hydrogens (tertiary/aromatic N) is 3. The first-order chi connectivity index (χ1) is 15.5. The molecule has 0 bridgehead atoms. The number of aromatic nitrogens is 2. The van der Waals surface area contributed by atoms with Crippen molar-refractivity contribution >= 4 is 11.9 Å². The average Bonchev–Trinajstić information content (AvgIpc) is 3.54. The summed E-state index contributed by atoms with van der Waals surface area (Å²) in [6.07, 6.45) is 6.26. The van der Waals surface area contributed by atoms with Crippen molar-refractivity contribution in [3.63, 3.8) is 0 Å². The first-order valence-corrected chi connectivity index (χ1v) is 12.0. The van der Waals surface area contributed by atoms with E-state index in [9.17, 15) is 4.79 Å². The summed E-state index contributed by atoms with van der Waals surface area (Å²) in [4.78, 5) is 17.4. The van der Waals surface area contributed by atoms with E-state index >= 15 is 0 Å². The normalized spacial score (nSPS) is 21.3. The molecular formula is C25H36N6O. The maximum absolute atomic E-state index is 12.5. The molecule has 4 rings (SSSR count). The Morgan fingerprint density at radius 2 is 1.94 bits per heavy atom. The maximum atomic E-state index is 12.5. The van der Waals surface area contributed by atoms with Crippen LogP contribution in [0.4, 0.5) is 0 Å². The minimum Gasteiger partial charge on any atom is -0.357 e. The summed E-state index contributed by atoms with van der Waals surface area (Å²) in [5.74, 6) is 1.15. The Morgan fingerprint density at radius 3 is 2.66 bits per heavy atom. The number of carbonyl (C=O) groups is 1. The van der Waals surface area contributed by atoms with Gasteiger partial charge in [-0.1, -0.05) is 24.6 Å². The number of amides is 1. The molecule has 2 atom stereocenters. The van der Waals surface area contributed by atoms with E-state index in [0.29, 0.717) is 12.6 Å². The summed E-state index contributed by atoms with van der Waals surface area (Å²) in [5.41, 5.74) is 4.31. The molecule has 0 aliphatic heterocycles. The molecule has 2 unspecified atom stereocenters.